The first-order valence-corrected chi connectivity index (χ1v) is 6.45. The molecule has 2 heteroatoms. The van der Waals surface area contributed by atoms with Crippen molar-refractivity contribution < 1.29 is 4.79 Å². The highest BCUT2D eigenvalue weighted by atomic mass is 32.2. The first-order chi connectivity index (χ1) is 7.29. The molecule has 0 spiro atoms. The summed E-state index contributed by atoms with van der Waals surface area (Å²) in [5.74, 6) is 0.976. The van der Waals surface area contributed by atoms with E-state index in [1.54, 1.807) is 6.92 Å². The Bertz CT molecular complexity index is 282. The summed E-state index contributed by atoms with van der Waals surface area (Å²) in [6.45, 7) is 1.63. The van der Waals surface area contributed by atoms with Gasteiger partial charge in [0.1, 0.15) is 0 Å². The van der Waals surface area contributed by atoms with E-state index in [4.69, 9.17) is 0 Å². The molecular weight excluding hydrogens is 204 g/mol. The summed E-state index contributed by atoms with van der Waals surface area (Å²) < 4.78 is 0. The van der Waals surface area contributed by atoms with Gasteiger partial charge in [-0.2, -0.15) is 0 Å². The number of unbranched alkanes of at least 4 members (excludes halogenated alkanes) is 2. The van der Waals surface area contributed by atoms with Crippen molar-refractivity contribution in [1.82, 2.24) is 0 Å². The van der Waals surface area contributed by atoms with Crippen molar-refractivity contribution in [3.63, 3.8) is 0 Å². The molecule has 0 aliphatic heterocycles. The fourth-order valence-corrected chi connectivity index (χ4v) is 2.10. The third-order valence-corrected chi connectivity index (χ3v) is 3.16. The van der Waals surface area contributed by atoms with Crippen LogP contribution in [0, 0.1) is 0 Å². The van der Waals surface area contributed by atoms with Gasteiger partial charge in [-0.25, -0.2) is 0 Å². The Morgan fingerprint density at radius 1 is 1.13 bits per heavy atom. The third kappa shape index (κ3) is 6.34. The second-order valence-electron chi connectivity index (χ2n) is 3.64. The Balaban J connectivity index is 2.00. The summed E-state index contributed by atoms with van der Waals surface area (Å²) in [6, 6.07) is 10.6. The number of hydrogen-bond donors (Lipinski definition) is 0. The van der Waals surface area contributed by atoms with Crippen LogP contribution >= 0.6 is 11.8 Å². The van der Waals surface area contributed by atoms with Crippen LogP contribution in [-0.4, -0.2) is 10.9 Å². The molecule has 0 aromatic heterocycles. The largest absolute Gasteiger partial charge is 0.288 e. The lowest BCUT2D eigenvalue weighted by atomic mass is 10.1. The Morgan fingerprint density at radius 2 is 1.87 bits per heavy atom. The van der Waals surface area contributed by atoms with Crippen LogP contribution in [0.4, 0.5) is 0 Å². The molecule has 0 saturated carbocycles. The third-order valence-electron chi connectivity index (χ3n) is 2.26. The van der Waals surface area contributed by atoms with Crippen LogP contribution in [0.15, 0.2) is 30.3 Å². The van der Waals surface area contributed by atoms with Crippen molar-refractivity contribution in [3.8, 4) is 0 Å². The summed E-state index contributed by atoms with van der Waals surface area (Å²) in [5, 5.41) is 0.234. The molecule has 1 aromatic carbocycles. The molecule has 15 heavy (non-hydrogen) atoms. The fraction of sp³-hybridized carbons (Fsp3) is 0.462. The SMILES string of the molecule is CC(=O)SCCCCCc1ccccc1. The van der Waals surface area contributed by atoms with E-state index in [1.165, 1.54) is 30.2 Å². The molecule has 0 bridgehead atoms. The van der Waals surface area contributed by atoms with Gasteiger partial charge < -0.3 is 0 Å². The van der Waals surface area contributed by atoms with Crippen molar-refractivity contribution in [2.24, 2.45) is 0 Å². The number of benzene rings is 1. The van der Waals surface area contributed by atoms with Crippen molar-refractivity contribution in [1.29, 1.82) is 0 Å². The van der Waals surface area contributed by atoms with E-state index in [0.717, 1.165) is 18.6 Å². The standard InChI is InChI=1S/C13H18OS/c1-12(14)15-11-7-3-6-10-13-8-4-2-5-9-13/h2,4-5,8-9H,3,6-7,10-11H2,1H3. The van der Waals surface area contributed by atoms with Crippen molar-refractivity contribution >= 4 is 16.9 Å². The van der Waals surface area contributed by atoms with Gasteiger partial charge in [0.05, 0.1) is 0 Å². The molecule has 0 saturated heterocycles. The molecule has 0 fully saturated rings. The van der Waals surface area contributed by atoms with Gasteiger partial charge in [-0.3, -0.25) is 4.79 Å². The van der Waals surface area contributed by atoms with Crippen LogP contribution in [0.3, 0.4) is 0 Å². The molecule has 1 rings (SSSR count). The maximum absolute atomic E-state index is 10.7. The summed E-state index contributed by atoms with van der Waals surface area (Å²) in [5.41, 5.74) is 1.41. The maximum atomic E-state index is 10.7. The van der Waals surface area contributed by atoms with Crippen LogP contribution in [0.2, 0.25) is 0 Å². The quantitative estimate of drug-likeness (QED) is 0.683. The molecule has 0 atom stereocenters. The molecule has 0 radical (unpaired) electrons. The minimum atomic E-state index is 0.234. The predicted octanol–water partition coefficient (Wildman–Crippen LogP) is 3.68. The van der Waals surface area contributed by atoms with Gasteiger partial charge in [-0.15, -0.1) is 0 Å². The first-order valence-electron chi connectivity index (χ1n) is 5.46. The topological polar surface area (TPSA) is 17.1 Å². The Kier molecular flexibility index (Phi) is 6.17. The normalized spacial score (nSPS) is 10.2. The molecule has 0 N–H and O–H groups in total. The van der Waals surface area contributed by atoms with E-state index in [2.05, 4.69) is 24.3 Å². The number of aryl methyl sites for hydroxylation is 1. The van der Waals surface area contributed by atoms with Crippen molar-refractivity contribution in [3.05, 3.63) is 35.9 Å². The monoisotopic (exact) mass is 222 g/mol. The molecule has 0 aliphatic carbocycles. The fourth-order valence-electron chi connectivity index (χ4n) is 1.47. The van der Waals surface area contributed by atoms with Gasteiger partial charge in [0.2, 0.25) is 0 Å². The average Bonchev–Trinajstić information content (AvgIpc) is 2.24. The molecule has 0 amide bonds. The maximum Gasteiger partial charge on any atom is 0.185 e. The second-order valence-corrected chi connectivity index (χ2v) is 4.91. The zero-order valence-electron chi connectivity index (χ0n) is 9.24. The second kappa shape index (κ2) is 7.52. The lowest BCUT2D eigenvalue weighted by Gasteiger charge is -2.00. The highest BCUT2D eigenvalue weighted by Crippen LogP contribution is 2.09. The molecule has 0 unspecified atom stereocenters. The van der Waals surface area contributed by atoms with Gasteiger partial charge in [0.25, 0.3) is 0 Å². The van der Waals surface area contributed by atoms with Crippen LogP contribution < -0.4 is 0 Å². The van der Waals surface area contributed by atoms with E-state index >= 15 is 0 Å². The number of carbonyl (C=O) groups excluding carboxylic acids is 1. The molecular formula is C13H18OS. The van der Waals surface area contributed by atoms with Crippen LogP contribution in [-0.2, 0) is 11.2 Å². The van der Waals surface area contributed by atoms with E-state index < -0.39 is 0 Å². The van der Waals surface area contributed by atoms with Gasteiger partial charge in [-0.05, 0) is 24.8 Å². The molecule has 0 heterocycles. The number of rotatable bonds is 6. The van der Waals surface area contributed by atoms with Crippen LogP contribution in [0.25, 0.3) is 0 Å². The Morgan fingerprint density at radius 3 is 2.53 bits per heavy atom. The van der Waals surface area contributed by atoms with Gasteiger partial charge in [-0.1, -0.05) is 48.5 Å². The highest BCUT2D eigenvalue weighted by molar-refractivity contribution is 8.13. The van der Waals surface area contributed by atoms with E-state index in [-0.39, 0.29) is 5.12 Å². The van der Waals surface area contributed by atoms with E-state index in [0.29, 0.717) is 0 Å². The first kappa shape index (κ1) is 12.3. The molecule has 0 aliphatic rings. The predicted molar refractivity (Wildman–Crippen MR) is 67.1 cm³/mol. The number of thioether (sulfide) groups is 1. The Hall–Kier alpha value is -0.760. The van der Waals surface area contributed by atoms with Gasteiger partial charge >= 0.3 is 0 Å². The average molecular weight is 222 g/mol. The number of hydrogen-bond acceptors (Lipinski definition) is 2. The Labute approximate surface area is 96.3 Å². The molecule has 1 nitrogen and oxygen atoms in total. The molecule has 1 aromatic rings. The van der Waals surface area contributed by atoms with Crippen LogP contribution in [0.1, 0.15) is 31.7 Å². The smallest absolute Gasteiger partial charge is 0.185 e. The van der Waals surface area contributed by atoms with E-state index in [1.807, 2.05) is 6.07 Å². The van der Waals surface area contributed by atoms with Gasteiger partial charge in [0.15, 0.2) is 5.12 Å². The summed E-state index contributed by atoms with van der Waals surface area (Å²) >= 11 is 1.44. The summed E-state index contributed by atoms with van der Waals surface area (Å²) in [7, 11) is 0. The molecule has 82 valence electrons. The lowest BCUT2D eigenvalue weighted by molar-refractivity contribution is -0.109. The van der Waals surface area contributed by atoms with Crippen molar-refractivity contribution in [2.75, 3.05) is 5.75 Å². The highest BCUT2D eigenvalue weighted by Gasteiger charge is 1.95. The lowest BCUT2D eigenvalue weighted by Crippen LogP contribution is -1.89. The summed E-state index contributed by atoms with van der Waals surface area (Å²) in [4.78, 5) is 10.7. The van der Waals surface area contributed by atoms with Crippen molar-refractivity contribution in [2.45, 2.75) is 32.6 Å². The van der Waals surface area contributed by atoms with Gasteiger partial charge in [0, 0.05) is 12.7 Å². The minimum absolute atomic E-state index is 0.234. The zero-order chi connectivity index (χ0) is 10.9. The van der Waals surface area contributed by atoms with Crippen LogP contribution in [0.5, 0.6) is 0 Å². The minimum Gasteiger partial charge on any atom is -0.288 e. The number of carbonyl (C=O) groups is 1. The summed E-state index contributed by atoms with van der Waals surface area (Å²) in [6.07, 6.45) is 4.75. The van der Waals surface area contributed by atoms with E-state index in [9.17, 15) is 4.79 Å². The zero-order valence-corrected chi connectivity index (χ0v) is 10.1.